The van der Waals surface area contributed by atoms with Gasteiger partial charge in [0.05, 0.1) is 10.6 Å². The normalized spacial score (nSPS) is 14.3. The Bertz CT molecular complexity index is 1220. The number of likely N-dealkylation sites (tertiary alicyclic amines) is 1. The smallest absolute Gasteiger partial charge is 0.262 e. The van der Waals surface area contributed by atoms with Crippen molar-refractivity contribution < 1.29 is 17.6 Å². The number of hydrogen-bond donors (Lipinski definition) is 2. The van der Waals surface area contributed by atoms with Gasteiger partial charge in [0.15, 0.2) is 0 Å². The molecule has 1 amide bonds. The minimum absolute atomic E-state index is 0.129. The average Bonchev–Trinajstić information content (AvgIpc) is 3.29. The molecule has 0 aromatic heterocycles. The van der Waals surface area contributed by atoms with E-state index in [1.165, 1.54) is 61.4 Å². The van der Waals surface area contributed by atoms with Gasteiger partial charge in [-0.25, -0.2) is 12.8 Å². The van der Waals surface area contributed by atoms with Gasteiger partial charge in [0.2, 0.25) is 0 Å². The number of carbonyl (C=O) groups is 1. The highest BCUT2D eigenvalue weighted by Crippen LogP contribution is 2.21. The predicted molar refractivity (Wildman–Crippen MR) is 123 cm³/mol. The van der Waals surface area contributed by atoms with Gasteiger partial charge in [-0.2, -0.15) is 0 Å². The molecule has 2 N–H and O–H groups in total. The Kier molecular flexibility index (Phi) is 6.53. The summed E-state index contributed by atoms with van der Waals surface area (Å²) in [5.74, 6) is -1.11. The van der Waals surface area contributed by atoms with Crippen LogP contribution in [0.3, 0.4) is 0 Å². The van der Waals surface area contributed by atoms with E-state index in [0.29, 0.717) is 5.69 Å². The van der Waals surface area contributed by atoms with E-state index < -0.39 is 21.7 Å². The molecule has 0 unspecified atom stereocenters. The fourth-order valence-corrected chi connectivity index (χ4v) is 4.81. The monoisotopic (exact) mass is 453 g/mol. The van der Waals surface area contributed by atoms with Crippen LogP contribution in [0.25, 0.3) is 0 Å². The standard InChI is InChI=1S/C24H24FN3O3S/c25-22-11-1-2-12-23(22)27-32(30,31)21-10-6-8-19(16-21)24(29)26-20-9-5-7-18(15-20)17-28-13-3-4-14-28/h1-2,5-12,15-16,27H,3-4,13-14,17H2,(H,26,29). The fraction of sp³-hybridized carbons (Fsp3) is 0.208. The molecule has 0 atom stereocenters. The summed E-state index contributed by atoms with van der Waals surface area (Å²) in [6.45, 7) is 3.00. The van der Waals surface area contributed by atoms with Crippen LogP contribution in [0.5, 0.6) is 0 Å². The van der Waals surface area contributed by atoms with E-state index in [0.717, 1.165) is 25.2 Å². The van der Waals surface area contributed by atoms with E-state index in [9.17, 15) is 17.6 Å². The Morgan fingerprint density at radius 1 is 0.938 bits per heavy atom. The summed E-state index contributed by atoms with van der Waals surface area (Å²) in [6.07, 6.45) is 2.42. The lowest BCUT2D eigenvalue weighted by Crippen LogP contribution is -2.19. The maximum absolute atomic E-state index is 13.9. The van der Waals surface area contributed by atoms with Crippen molar-refractivity contribution in [3.05, 3.63) is 89.7 Å². The predicted octanol–water partition coefficient (Wildman–Crippen LogP) is 4.47. The molecule has 166 valence electrons. The maximum atomic E-state index is 13.9. The number of carbonyl (C=O) groups excluding carboxylic acids is 1. The topological polar surface area (TPSA) is 78.5 Å². The molecule has 1 saturated heterocycles. The Morgan fingerprint density at radius 3 is 2.47 bits per heavy atom. The van der Waals surface area contributed by atoms with Crippen molar-refractivity contribution in [2.75, 3.05) is 23.1 Å². The molecule has 1 aliphatic heterocycles. The van der Waals surface area contributed by atoms with Crippen LogP contribution in [-0.4, -0.2) is 32.3 Å². The van der Waals surface area contributed by atoms with Crippen LogP contribution in [0.2, 0.25) is 0 Å². The molecule has 3 aromatic rings. The molecule has 8 heteroatoms. The van der Waals surface area contributed by atoms with E-state index in [1.807, 2.05) is 18.2 Å². The highest BCUT2D eigenvalue weighted by molar-refractivity contribution is 7.92. The van der Waals surface area contributed by atoms with E-state index in [4.69, 9.17) is 0 Å². The van der Waals surface area contributed by atoms with Crippen LogP contribution in [-0.2, 0) is 16.6 Å². The first kappa shape index (κ1) is 22.0. The molecule has 0 spiro atoms. The third kappa shape index (κ3) is 5.33. The van der Waals surface area contributed by atoms with Crippen LogP contribution in [0.15, 0.2) is 77.7 Å². The van der Waals surface area contributed by atoms with Crippen LogP contribution >= 0.6 is 0 Å². The van der Waals surface area contributed by atoms with Gasteiger partial charge in [0.1, 0.15) is 5.82 Å². The summed E-state index contributed by atoms with van der Waals surface area (Å²) < 4.78 is 41.4. The fourth-order valence-electron chi connectivity index (χ4n) is 3.70. The van der Waals surface area contributed by atoms with Gasteiger partial charge >= 0.3 is 0 Å². The maximum Gasteiger partial charge on any atom is 0.262 e. The SMILES string of the molecule is O=C(Nc1cccc(CN2CCCC2)c1)c1cccc(S(=O)(=O)Nc2ccccc2F)c1. The molecular formula is C24H24FN3O3S. The molecule has 0 saturated carbocycles. The van der Waals surface area contributed by atoms with Crippen LogP contribution in [0.4, 0.5) is 15.8 Å². The Balaban J connectivity index is 1.48. The molecule has 1 aliphatic rings. The Hall–Kier alpha value is -3.23. The quantitative estimate of drug-likeness (QED) is 0.553. The van der Waals surface area contributed by atoms with Gasteiger partial charge in [-0.05, 0) is 74.0 Å². The second kappa shape index (κ2) is 9.50. The minimum Gasteiger partial charge on any atom is -0.322 e. The second-order valence-corrected chi connectivity index (χ2v) is 9.43. The molecule has 32 heavy (non-hydrogen) atoms. The molecule has 6 nitrogen and oxygen atoms in total. The van der Waals surface area contributed by atoms with Crippen molar-refractivity contribution >= 4 is 27.3 Å². The van der Waals surface area contributed by atoms with Crippen molar-refractivity contribution in [1.82, 2.24) is 4.90 Å². The van der Waals surface area contributed by atoms with E-state index in [1.54, 1.807) is 6.07 Å². The Morgan fingerprint density at radius 2 is 1.69 bits per heavy atom. The van der Waals surface area contributed by atoms with Crippen LogP contribution in [0.1, 0.15) is 28.8 Å². The van der Waals surface area contributed by atoms with Crippen LogP contribution < -0.4 is 10.0 Å². The highest BCUT2D eigenvalue weighted by atomic mass is 32.2. The van der Waals surface area contributed by atoms with Gasteiger partial charge in [-0.3, -0.25) is 14.4 Å². The van der Waals surface area contributed by atoms with Crippen molar-refractivity contribution in [2.24, 2.45) is 0 Å². The zero-order chi connectivity index (χ0) is 22.6. The second-order valence-electron chi connectivity index (χ2n) is 7.75. The number of nitrogens with zero attached hydrogens (tertiary/aromatic N) is 1. The van der Waals surface area contributed by atoms with Gasteiger partial charge in [-0.1, -0.05) is 30.3 Å². The van der Waals surface area contributed by atoms with E-state index in [2.05, 4.69) is 14.9 Å². The summed E-state index contributed by atoms with van der Waals surface area (Å²) >= 11 is 0. The third-order valence-electron chi connectivity index (χ3n) is 5.31. The molecule has 1 heterocycles. The number of nitrogens with one attached hydrogen (secondary N) is 2. The summed E-state index contributed by atoms with van der Waals surface area (Å²) in [5, 5.41) is 2.83. The molecule has 4 rings (SSSR count). The molecule has 1 fully saturated rings. The first-order valence-corrected chi connectivity index (χ1v) is 11.9. The third-order valence-corrected chi connectivity index (χ3v) is 6.68. The molecule has 0 radical (unpaired) electrons. The van der Waals surface area contributed by atoms with Crippen molar-refractivity contribution in [2.45, 2.75) is 24.3 Å². The summed E-state index contributed by atoms with van der Waals surface area (Å²) in [4.78, 5) is 15.0. The van der Waals surface area contributed by atoms with Crippen LogP contribution in [0, 0.1) is 5.82 Å². The lowest BCUT2D eigenvalue weighted by molar-refractivity contribution is 0.102. The summed E-state index contributed by atoms with van der Waals surface area (Å²) in [7, 11) is -4.06. The van der Waals surface area contributed by atoms with Gasteiger partial charge in [-0.15, -0.1) is 0 Å². The largest absolute Gasteiger partial charge is 0.322 e. The zero-order valence-electron chi connectivity index (χ0n) is 17.4. The Labute approximate surface area is 187 Å². The van der Waals surface area contributed by atoms with Crippen molar-refractivity contribution in [1.29, 1.82) is 0 Å². The number of anilines is 2. The van der Waals surface area contributed by atoms with E-state index in [-0.39, 0.29) is 16.1 Å². The number of halogens is 1. The molecule has 0 aliphatic carbocycles. The lowest BCUT2D eigenvalue weighted by atomic mass is 10.1. The number of para-hydroxylation sites is 1. The number of rotatable bonds is 7. The van der Waals surface area contributed by atoms with Gasteiger partial charge in [0.25, 0.3) is 15.9 Å². The summed E-state index contributed by atoms with van der Waals surface area (Å²) in [6, 6.07) is 18.8. The van der Waals surface area contributed by atoms with Crippen molar-refractivity contribution in [3.63, 3.8) is 0 Å². The summed E-state index contributed by atoms with van der Waals surface area (Å²) in [5.41, 5.74) is 1.78. The highest BCUT2D eigenvalue weighted by Gasteiger charge is 2.18. The molecule has 3 aromatic carbocycles. The van der Waals surface area contributed by atoms with E-state index >= 15 is 0 Å². The average molecular weight is 454 g/mol. The molecule has 0 bridgehead atoms. The van der Waals surface area contributed by atoms with Gasteiger partial charge in [0, 0.05) is 17.8 Å². The van der Waals surface area contributed by atoms with Crippen molar-refractivity contribution in [3.8, 4) is 0 Å². The first-order valence-electron chi connectivity index (χ1n) is 10.4. The number of amides is 1. The first-order chi connectivity index (χ1) is 15.4. The number of hydrogen-bond acceptors (Lipinski definition) is 4. The number of sulfonamides is 1. The molecular weight excluding hydrogens is 429 g/mol. The lowest BCUT2D eigenvalue weighted by Gasteiger charge is -2.15. The van der Waals surface area contributed by atoms with Gasteiger partial charge < -0.3 is 5.32 Å². The number of benzene rings is 3. The zero-order valence-corrected chi connectivity index (χ0v) is 18.2. The minimum atomic E-state index is -4.06.